The van der Waals surface area contributed by atoms with Crippen molar-refractivity contribution in [3.05, 3.63) is 35.4 Å². The molecule has 1 heteroatoms. The second-order valence-corrected chi connectivity index (χ2v) is 9.85. The first-order chi connectivity index (χ1) is 6.07. The highest BCUT2D eigenvalue weighted by molar-refractivity contribution is 6.88. The van der Waals surface area contributed by atoms with Crippen molar-refractivity contribution >= 4 is 19.3 Å². The zero-order valence-electron chi connectivity index (χ0n) is 8.59. The molecule has 0 aromatic heterocycles. The van der Waals surface area contributed by atoms with Crippen LogP contribution in [0.3, 0.4) is 0 Å². The third kappa shape index (κ3) is 1.61. The first-order valence-corrected chi connectivity index (χ1v) is 8.37. The van der Waals surface area contributed by atoms with Crippen molar-refractivity contribution in [2.24, 2.45) is 0 Å². The summed E-state index contributed by atoms with van der Waals surface area (Å²) in [7, 11) is -1.11. The first kappa shape index (κ1) is 8.76. The Morgan fingerprint density at radius 1 is 1.15 bits per heavy atom. The Hall–Kier alpha value is -0.823. The Balaban J connectivity index is 2.47. The Morgan fingerprint density at radius 3 is 2.62 bits per heavy atom. The summed E-state index contributed by atoms with van der Waals surface area (Å²) < 4.78 is 0. The summed E-state index contributed by atoms with van der Waals surface area (Å²) in [6.45, 7) is 7.19. The number of allylic oxidation sites excluding steroid dienone is 1. The predicted molar refractivity (Wildman–Crippen MR) is 62.2 cm³/mol. The van der Waals surface area contributed by atoms with E-state index in [1.807, 2.05) is 0 Å². The minimum Gasteiger partial charge on any atom is -0.0795 e. The Kier molecular flexibility index (Phi) is 1.92. The average Bonchev–Trinajstić information content (AvgIpc) is 2.47. The molecule has 68 valence electrons. The SMILES string of the molecule is C[Si](C)(C)c1ccc2c(c1)C=CC2. The summed E-state index contributed by atoms with van der Waals surface area (Å²) >= 11 is 0. The molecule has 1 aromatic carbocycles. The first-order valence-electron chi connectivity index (χ1n) is 4.87. The molecule has 0 heterocycles. The van der Waals surface area contributed by atoms with Gasteiger partial charge in [0.15, 0.2) is 0 Å². The summed E-state index contributed by atoms with van der Waals surface area (Å²) in [5.74, 6) is 0. The van der Waals surface area contributed by atoms with Gasteiger partial charge in [0.05, 0.1) is 8.07 Å². The van der Waals surface area contributed by atoms with Crippen molar-refractivity contribution in [1.82, 2.24) is 0 Å². The molecular weight excluding hydrogens is 172 g/mol. The quantitative estimate of drug-likeness (QED) is 0.595. The van der Waals surface area contributed by atoms with Gasteiger partial charge in [-0.1, -0.05) is 55.2 Å². The van der Waals surface area contributed by atoms with Gasteiger partial charge in [-0.15, -0.1) is 0 Å². The maximum Gasteiger partial charge on any atom is 0.0776 e. The number of hydrogen-bond donors (Lipinski definition) is 0. The van der Waals surface area contributed by atoms with Crippen LogP contribution in [0.4, 0.5) is 0 Å². The lowest BCUT2D eigenvalue weighted by atomic mass is 10.1. The van der Waals surface area contributed by atoms with E-state index in [0.29, 0.717) is 0 Å². The predicted octanol–water partition coefficient (Wildman–Crippen LogP) is 2.80. The third-order valence-corrected chi connectivity index (χ3v) is 4.69. The summed E-state index contributed by atoms with van der Waals surface area (Å²) in [6, 6.07) is 6.99. The Morgan fingerprint density at radius 2 is 1.92 bits per heavy atom. The summed E-state index contributed by atoms with van der Waals surface area (Å²) in [6.07, 6.45) is 5.62. The Labute approximate surface area is 81.3 Å². The lowest BCUT2D eigenvalue weighted by molar-refractivity contribution is 1.31. The third-order valence-electron chi connectivity index (χ3n) is 2.65. The largest absolute Gasteiger partial charge is 0.0795 e. The van der Waals surface area contributed by atoms with E-state index in [9.17, 15) is 0 Å². The highest BCUT2D eigenvalue weighted by atomic mass is 28.3. The van der Waals surface area contributed by atoms with Gasteiger partial charge in [0.2, 0.25) is 0 Å². The fourth-order valence-electron chi connectivity index (χ4n) is 1.72. The standard InChI is InChI=1S/C12H16Si/c1-13(2,3)12-8-7-10-5-4-6-11(10)9-12/h4,6-9H,5H2,1-3H3. The normalized spacial score (nSPS) is 14.7. The molecule has 0 aliphatic heterocycles. The Bertz CT molecular complexity index is 356. The zero-order valence-corrected chi connectivity index (χ0v) is 9.59. The van der Waals surface area contributed by atoms with Crippen LogP contribution in [0.2, 0.25) is 19.6 Å². The van der Waals surface area contributed by atoms with E-state index in [1.165, 1.54) is 11.1 Å². The second kappa shape index (κ2) is 2.84. The van der Waals surface area contributed by atoms with Gasteiger partial charge < -0.3 is 0 Å². The topological polar surface area (TPSA) is 0 Å². The molecule has 13 heavy (non-hydrogen) atoms. The van der Waals surface area contributed by atoms with Crippen LogP contribution < -0.4 is 5.19 Å². The molecule has 0 nitrogen and oxygen atoms in total. The minimum absolute atomic E-state index is 1.11. The van der Waals surface area contributed by atoms with Gasteiger partial charge in [-0.2, -0.15) is 0 Å². The minimum atomic E-state index is -1.11. The van der Waals surface area contributed by atoms with Gasteiger partial charge >= 0.3 is 0 Å². The molecule has 1 aliphatic rings. The van der Waals surface area contributed by atoms with Crippen molar-refractivity contribution in [2.75, 3.05) is 0 Å². The summed E-state index contributed by atoms with van der Waals surface area (Å²) in [5, 5.41) is 1.57. The molecule has 0 fully saturated rings. The average molecular weight is 188 g/mol. The number of fused-ring (bicyclic) bond motifs is 1. The van der Waals surface area contributed by atoms with Crippen molar-refractivity contribution < 1.29 is 0 Å². The highest BCUT2D eigenvalue weighted by Gasteiger charge is 2.17. The van der Waals surface area contributed by atoms with Crippen LogP contribution in [-0.2, 0) is 6.42 Å². The molecule has 0 bridgehead atoms. The van der Waals surface area contributed by atoms with E-state index in [0.717, 1.165) is 6.42 Å². The van der Waals surface area contributed by atoms with Gasteiger partial charge in [0.25, 0.3) is 0 Å². The van der Waals surface area contributed by atoms with E-state index < -0.39 is 8.07 Å². The van der Waals surface area contributed by atoms with E-state index in [4.69, 9.17) is 0 Å². The molecule has 0 N–H and O–H groups in total. The van der Waals surface area contributed by atoms with Gasteiger partial charge in [-0.05, 0) is 17.5 Å². The van der Waals surface area contributed by atoms with Crippen LogP contribution in [0.15, 0.2) is 24.3 Å². The fraction of sp³-hybridized carbons (Fsp3) is 0.333. The molecule has 2 rings (SSSR count). The van der Waals surface area contributed by atoms with Crippen molar-refractivity contribution in [1.29, 1.82) is 0 Å². The van der Waals surface area contributed by atoms with E-state index in [-0.39, 0.29) is 0 Å². The molecule has 0 saturated heterocycles. The molecular formula is C12H16Si. The molecule has 0 radical (unpaired) electrons. The van der Waals surface area contributed by atoms with Crippen LogP contribution in [-0.4, -0.2) is 8.07 Å². The second-order valence-electron chi connectivity index (χ2n) is 4.77. The maximum atomic E-state index is 2.40. The molecule has 0 spiro atoms. The van der Waals surface area contributed by atoms with Crippen LogP contribution in [0.1, 0.15) is 11.1 Å². The smallest absolute Gasteiger partial charge is 0.0776 e. The zero-order chi connectivity index (χ0) is 9.47. The monoisotopic (exact) mass is 188 g/mol. The summed E-state index contributed by atoms with van der Waals surface area (Å²) in [4.78, 5) is 0. The molecule has 0 saturated carbocycles. The van der Waals surface area contributed by atoms with Gasteiger partial charge in [0, 0.05) is 0 Å². The summed E-state index contributed by atoms with van der Waals surface area (Å²) in [5.41, 5.74) is 2.93. The van der Waals surface area contributed by atoms with Gasteiger partial charge in [-0.3, -0.25) is 0 Å². The lowest BCUT2D eigenvalue weighted by Crippen LogP contribution is -2.37. The molecule has 0 atom stereocenters. The fourth-order valence-corrected chi connectivity index (χ4v) is 2.89. The molecule has 0 unspecified atom stereocenters. The highest BCUT2D eigenvalue weighted by Crippen LogP contribution is 2.18. The lowest BCUT2D eigenvalue weighted by Gasteiger charge is -2.17. The van der Waals surface area contributed by atoms with Gasteiger partial charge in [0.1, 0.15) is 0 Å². The van der Waals surface area contributed by atoms with Crippen LogP contribution >= 0.6 is 0 Å². The number of rotatable bonds is 1. The molecule has 1 aromatic rings. The number of hydrogen-bond acceptors (Lipinski definition) is 0. The van der Waals surface area contributed by atoms with Gasteiger partial charge in [-0.25, -0.2) is 0 Å². The van der Waals surface area contributed by atoms with Crippen molar-refractivity contribution in [2.45, 2.75) is 26.1 Å². The maximum absolute atomic E-state index is 2.40. The van der Waals surface area contributed by atoms with E-state index >= 15 is 0 Å². The van der Waals surface area contributed by atoms with Crippen molar-refractivity contribution in [3.8, 4) is 0 Å². The number of benzene rings is 1. The molecule has 0 amide bonds. The van der Waals surface area contributed by atoms with Crippen LogP contribution in [0.25, 0.3) is 6.08 Å². The molecule has 1 aliphatic carbocycles. The van der Waals surface area contributed by atoms with Crippen LogP contribution in [0, 0.1) is 0 Å². The van der Waals surface area contributed by atoms with Crippen LogP contribution in [0.5, 0.6) is 0 Å². The van der Waals surface area contributed by atoms with E-state index in [1.54, 1.807) is 5.19 Å². The van der Waals surface area contributed by atoms with Crippen molar-refractivity contribution in [3.63, 3.8) is 0 Å². The van der Waals surface area contributed by atoms with E-state index in [2.05, 4.69) is 50.0 Å².